The summed E-state index contributed by atoms with van der Waals surface area (Å²) >= 11 is 0. The molecule has 2 saturated carbocycles. The van der Waals surface area contributed by atoms with Gasteiger partial charge >= 0.3 is 5.97 Å². The van der Waals surface area contributed by atoms with Gasteiger partial charge in [-0.15, -0.1) is 0 Å². The molecule has 1 saturated heterocycles. The molecule has 7 rings (SSSR count). The minimum absolute atomic E-state index is 0.0133. The zero-order valence-corrected chi connectivity index (χ0v) is 15.9. The summed E-state index contributed by atoms with van der Waals surface area (Å²) in [5, 5.41) is 2.07. The van der Waals surface area contributed by atoms with Gasteiger partial charge in [0, 0.05) is 6.54 Å². The maximum Gasteiger partial charge on any atom is 0.312 e. The summed E-state index contributed by atoms with van der Waals surface area (Å²) in [7, 11) is 0. The van der Waals surface area contributed by atoms with Crippen LogP contribution >= 0.6 is 0 Å². The van der Waals surface area contributed by atoms with Crippen molar-refractivity contribution in [2.75, 3.05) is 6.54 Å². The van der Waals surface area contributed by atoms with E-state index in [9.17, 15) is 14.4 Å². The number of carbonyl (C=O) groups excluding carboxylic acids is 3. The molecule has 0 aromatic heterocycles. The lowest BCUT2D eigenvalue weighted by Gasteiger charge is -2.37. The van der Waals surface area contributed by atoms with Crippen LogP contribution in [-0.4, -0.2) is 29.2 Å². The first kappa shape index (κ1) is 17.0. The minimum atomic E-state index is -0.431. The van der Waals surface area contributed by atoms with Crippen molar-refractivity contribution in [2.45, 2.75) is 12.8 Å². The Morgan fingerprint density at radius 3 is 2.28 bits per heavy atom. The van der Waals surface area contributed by atoms with E-state index in [-0.39, 0.29) is 48.5 Å². The number of hydrogen-bond donors (Lipinski definition) is 0. The van der Waals surface area contributed by atoms with E-state index in [1.807, 2.05) is 36.4 Å². The van der Waals surface area contributed by atoms with Gasteiger partial charge < -0.3 is 4.74 Å². The highest BCUT2D eigenvalue weighted by Crippen LogP contribution is 2.65. The first-order chi connectivity index (χ1) is 14.1. The van der Waals surface area contributed by atoms with Gasteiger partial charge in [0.2, 0.25) is 11.8 Å². The molecule has 3 fully saturated rings. The maximum atomic E-state index is 12.9. The predicted molar refractivity (Wildman–Crippen MR) is 106 cm³/mol. The van der Waals surface area contributed by atoms with Gasteiger partial charge in [-0.1, -0.05) is 42.5 Å². The van der Waals surface area contributed by atoms with Crippen LogP contribution in [0, 0.1) is 35.5 Å². The Morgan fingerprint density at radius 1 is 0.931 bits per heavy atom. The summed E-state index contributed by atoms with van der Waals surface area (Å²) < 4.78 is 5.45. The molecule has 0 spiro atoms. The van der Waals surface area contributed by atoms with E-state index in [0.717, 1.165) is 17.2 Å². The van der Waals surface area contributed by atoms with Crippen molar-refractivity contribution in [3.8, 4) is 5.75 Å². The van der Waals surface area contributed by atoms with Crippen LogP contribution in [0.15, 0.2) is 54.6 Å². The number of imide groups is 1. The molecule has 4 aliphatic carbocycles. The lowest BCUT2D eigenvalue weighted by molar-refractivity contribution is -0.141. The van der Waals surface area contributed by atoms with Gasteiger partial charge in [0.1, 0.15) is 5.75 Å². The molecule has 0 N–H and O–H groups in total. The highest BCUT2D eigenvalue weighted by atomic mass is 16.5. The maximum absolute atomic E-state index is 12.9. The number of nitrogens with zero attached hydrogens (tertiary/aromatic N) is 1. The molecule has 5 nitrogen and oxygen atoms in total. The van der Waals surface area contributed by atoms with Crippen molar-refractivity contribution in [1.82, 2.24) is 4.90 Å². The van der Waals surface area contributed by atoms with Crippen molar-refractivity contribution in [3.05, 3.63) is 54.6 Å². The quantitative estimate of drug-likeness (QED) is 0.350. The molecule has 29 heavy (non-hydrogen) atoms. The van der Waals surface area contributed by atoms with Crippen LogP contribution in [0.3, 0.4) is 0 Å². The van der Waals surface area contributed by atoms with Gasteiger partial charge in [-0.3, -0.25) is 19.3 Å². The number of allylic oxidation sites excluding steroid dienone is 2. The highest BCUT2D eigenvalue weighted by Gasteiger charge is 2.66. The molecule has 146 valence electrons. The fraction of sp³-hybridized carbons (Fsp3) is 0.375. The lowest BCUT2D eigenvalue weighted by atomic mass is 9.63. The Bertz CT molecular complexity index is 1050. The van der Waals surface area contributed by atoms with Crippen LogP contribution in [0.5, 0.6) is 5.75 Å². The molecule has 2 aromatic carbocycles. The van der Waals surface area contributed by atoms with Crippen molar-refractivity contribution in [1.29, 1.82) is 0 Å². The fourth-order valence-electron chi connectivity index (χ4n) is 5.86. The van der Waals surface area contributed by atoms with E-state index in [0.29, 0.717) is 17.6 Å². The topological polar surface area (TPSA) is 63.7 Å². The average Bonchev–Trinajstić information content (AvgIpc) is 3.51. The Hall–Kier alpha value is -2.95. The Balaban J connectivity index is 1.13. The van der Waals surface area contributed by atoms with Gasteiger partial charge in [-0.05, 0) is 53.0 Å². The van der Waals surface area contributed by atoms with Crippen LogP contribution in [0.2, 0.25) is 0 Å². The van der Waals surface area contributed by atoms with Gasteiger partial charge in [-0.25, -0.2) is 0 Å². The summed E-state index contributed by atoms with van der Waals surface area (Å²) in [6.45, 7) is 0.103. The lowest BCUT2D eigenvalue weighted by Crippen LogP contribution is -2.40. The molecule has 1 heterocycles. The third-order valence-corrected chi connectivity index (χ3v) is 7.25. The largest absolute Gasteiger partial charge is 0.426 e. The Labute approximate surface area is 168 Å². The molecule has 2 amide bonds. The number of amides is 2. The van der Waals surface area contributed by atoms with Gasteiger partial charge in [0.15, 0.2) is 0 Å². The summed E-state index contributed by atoms with van der Waals surface area (Å²) in [5.41, 5.74) is 0. The van der Waals surface area contributed by atoms with E-state index in [2.05, 4.69) is 12.2 Å². The van der Waals surface area contributed by atoms with Gasteiger partial charge in [0.25, 0.3) is 0 Å². The van der Waals surface area contributed by atoms with Crippen molar-refractivity contribution in [2.24, 2.45) is 35.5 Å². The van der Waals surface area contributed by atoms with E-state index in [4.69, 9.17) is 4.74 Å². The Morgan fingerprint density at radius 2 is 1.59 bits per heavy atom. The second-order valence-electron chi connectivity index (χ2n) is 8.72. The zero-order valence-electron chi connectivity index (χ0n) is 15.9. The molecular formula is C24H21NO4. The molecular weight excluding hydrogens is 366 g/mol. The van der Waals surface area contributed by atoms with E-state index in [1.165, 1.54) is 4.90 Å². The monoisotopic (exact) mass is 387 g/mol. The summed E-state index contributed by atoms with van der Waals surface area (Å²) in [6.07, 6.45) is 5.47. The SMILES string of the molecule is O=C(CCN1C(=O)[C@@H]2[C@H]3C=C[C@@H]([C@@H]4C[C@@H]34)[C@H]2C1=O)Oc1ccc2ccccc2c1. The Kier molecular flexibility index (Phi) is 3.52. The van der Waals surface area contributed by atoms with Crippen molar-refractivity contribution < 1.29 is 19.1 Å². The second kappa shape index (κ2) is 6.02. The highest BCUT2D eigenvalue weighted by molar-refractivity contribution is 6.06. The number of benzene rings is 2. The molecule has 6 atom stereocenters. The average molecular weight is 387 g/mol. The van der Waals surface area contributed by atoms with Crippen LogP contribution in [0.1, 0.15) is 12.8 Å². The number of ether oxygens (including phenoxy) is 1. The van der Waals surface area contributed by atoms with E-state index < -0.39 is 5.97 Å². The molecule has 0 radical (unpaired) electrons. The van der Waals surface area contributed by atoms with E-state index >= 15 is 0 Å². The first-order valence-electron chi connectivity index (χ1n) is 10.3. The van der Waals surface area contributed by atoms with Crippen LogP contribution in [0.25, 0.3) is 10.8 Å². The predicted octanol–water partition coefficient (Wildman–Crippen LogP) is 3.19. The van der Waals surface area contributed by atoms with Gasteiger partial charge in [0.05, 0.1) is 18.3 Å². The molecule has 5 aliphatic rings. The van der Waals surface area contributed by atoms with Crippen LogP contribution in [-0.2, 0) is 14.4 Å². The second-order valence-corrected chi connectivity index (χ2v) is 8.72. The minimum Gasteiger partial charge on any atom is -0.426 e. The standard InChI is InChI=1S/C24H21NO4/c26-20(29-15-6-5-13-3-1-2-4-14(13)11-15)9-10-25-23(27)21-16-7-8-17(19-12-18(16)19)22(21)24(25)28/h1-8,11,16-19,21-22H,9-10,12H2/t16-,17-,18-,19-,21+,22+/m0/s1. The molecule has 2 aromatic rings. The first-order valence-corrected chi connectivity index (χ1v) is 10.3. The number of carbonyl (C=O) groups is 3. The molecule has 2 bridgehead atoms. The number of rotatable bonds is 4. The smallest absolute Gasteiger partial charge is 0.312 e. The number of hydrogen-bond acceptors (Lipinski definition) is 4. The molecule has 5 heteroatoms. The van der Waals surface area contributed by atoms with Gasteiger partial charge in [-0.2, -0.15) is 0 Å². The molecule has 1 aliphatic heterocycles. The molecule has 0 unspecified atom stereocenters. The van der Waals surface area contributed by atoms with Crippen molar-refractivity contribution in [3.63, 3.8) is 0 Å². The number of fused-ring (bicyclic) bond motifs is 1. The third kappa shape index (κ3) is 2.49. The number of likely N-dealkylation sites (tertiary alicyclic amines) is 1. The summed E-state index contributed by atoms with van der Waals surface area (Å²) in [6, 6.07) is 13.3. The van der Waals surface area contributed by atoms with Crippen LogP contribution < -0.4 is 4.74 Å². The normalized spacial score (nSPS) is 33.7. The van der Waals surface area contributed by atoms with E-state index in [1.54, 1.807) is 6.07 Å². The fourth-order valence-corrected chi connectivity index (χ4v) is 5.86. The zero-order chi connectivity index (χ0) is 19.7. The number of esters is 1. The van der Waals surface area contributed by atoms with Crippen LogP contribution in [0.4, 0.5) is 0 Å². The third-order valence-electron chi connectivity index (χ3n) is 7.25. The summed E-state index contributed by atoms with van der Waals surface area (Å²) in [5.74, 6) is 1.02. The van der Waals surface area contributed by atoms with Crippen molar-refractivity contribution >= 4 is 28.6 Å². The summed E-state index contributed by atoms with van der Waals surface area (Å²) in [4.78, 5) is 39.5.